The molecule has 5 rings (SSSR count). The van der Waals surface area contributed by atoms with Crippen molar-refractivity contribution in [3.05, 3.63) is 23.0 Å². The SMILES string of the molecule is CC=C1CCC2C3CC4=C5CC(=O)CC[C@]5(CO4)C3C[C@@H](C)C12. The van der Waals surface area contributed by atoms with Crippen LogP contribution < -0.4 is 0 Å². The van der Waals surface area contributed by atoms with Gasteiger partial charge >= 0.3 is 0 Å². The van der Waals surface area contributed by atoms with Crippen LogP contribution in [0.2, 0.25) is 0 Å². The van der Waals surface area contributed by atoms with Crippen LogP contribution in [0.3, 0.4) is 0 Å². The molecule has 3 fully saturated rings. The Bertz CT molecular complexity index is 628. The van der Waals surface area contributed by atoms with E-state index in [2.05, 4.69) is 19.9 Å². The number of ether oxygens (including phenoxy) is 1. The third-order valence-corrected chi connectivity index (χ3v) is 8.13. The van der Waals surface area contributed by atoms with Crippen molar-refractivity contribution in [2.75, 3.05) is 6.61 Å². The molecule has 4 aliphatic carbocycles. The summed E-state index contributed by atoms with van der Waals surface area (Å²) < 4.78 is 6.20. The van der Waals surface area contributed by atoms with Crippen LogP contribution in [0, 0.1) is 35.0 Å². The van der Waals surface area contributed by atoms with E-state index in [1.807, 2.05) is 0 Å². The van der Waals surface area contributed by atoms with E-state index in [-0.39, 0.29) is 5.41 Å². The highest BCUT2D eigenvalue weighted by atomic mass is 16.5. The van der Waals surface area contributed by atoms with E-state index in [4.69, 9.17) is 4.74 Å². The Morgan fingerprint density at radius 3 is 2.96 bits per heavy atom. The van der Waals surface area contributed by atoms with Crippen molar-refractivity contribution in [2.24, 2.45) is 35.0 Å². The predicted molar refractivity (Wildman–Crippen MR) is 89.6 cm³/mol. The first kappa shape index (κ1) is 14.3. The van der Waals surface area contributed by atoms with E-state index in [9.17, 15) is 4.79 Å². The highest BCUT2D eigenvalue weighted by Crippen LogP contribution is 2.66. The van der Waals surface area contributed by atoms with Crippen LogP contribution in [0.15, 0.2) is 23.0 Å². The lowest BCUT2D eigenvalue weighted by molar-refractivity contribution is -0.122. The molecule has 0 saturated heterocycles. The van der Waals surface area contributed by atoms with Gasteiger partial charge in [-0.3, -0.25) is 4.79 Å². The molecule has 0 N–H and O–H groups in total. The Morgan fingerprint density at radius 1 is 1.26 bits per heavy atom. The minimum Gasteiger partial charge on any atom is -0.497 e. The van der Waals surface area contributed by atoms with Crippen molar-refractivity contribution in [2.45, 2.75) is 58.8 Å². The molecule has 0 aromatic heterocycles. The van der Waals surface area contributed by atoms with Gasteiger partial charge in [-0.1, -0.05) is 18.6 Å². The lowest BCUT2D eigenvalue weighted by atomic mass is 9.49. The van der Waals surface area contributed by atoms with Crippen molar-refractivity contribution in [1.29, 1.82) is 0 Å². The maximum atomic E-state index is 12.0. The van der Waals surface area contributed by atoms with Crippen molar-refractivity contribution in [1.82, 2.24) is 0 Å². The molecule has 1 aliphatic heterocycles. The average molecular weight is 312 g/mol. The lowest BCUT2D eigenvalue weighted by Crippen LogP contribution is -2.49. The van der Waals surface area contributed by atoms with Crippen LogP contribution in [0.4, 0.5) is 0 Å². The Balaban J connectivity index is 1.57. The molecule has 124 valence electrons. The molecule has 2 heteroatoms. The second-order valence-corrected chi connectivity index (χ2v) is 8.84. The third-order valence-electron chi connectivity index (χ3n) is 8.13. The van der Waals surface area contributed by atoms with Gasteiger partial charge in [-0.05, 0) is 67.8 Å². The molecule has 0 aromatic rings. The van der Waals surface area contributed by atoms with Crippen LogP contribution in [0.25, 0.3) is 0 Å². The topological polar surface area (TPSA) is 26.3 Å². The van der Waals surface area contributed by atoms with Gasteiger partial charge < -0.3 is 4.74 Å². The fourth-order valence-corrected chi connectivity index (χ4v) is 7.23. The summed E-state index contributed by atoms with van der Waals surface area (Å²) in [5.74, 6) is 5.74. The zero-order valence-electron chi connectivity index (χ0n) is 14.4. The van der Waals surface area contributed by atoms with Gasteiger partial charge in [0.25, 0.3) is 0 Å². The first-order valence-electron chi connectivity index (χ1n) is 9.66. The highest BCUT2D eigenvalue weighted by Gasteiger charge is 2.61. The van der Waals surface area contributed by atoms with Gasteiger partial charge in [-0.25, -0.2) is 0 Å². The number of fused-ring (bicyclic) bond motifs is 3. The van der Waals surface area contributed by atoms with Crippen molar-refractivity contribution in [3.8, 4) is 0 Å². The summed E-state index contributed by atoms with van der Waals surface area (Å²) in [6.07, 6.45) is 10.1. The molecular formula is C21H28O2. The van der Waals surface area contributed by atoms with Crippen LogP contribution in [0.1, 0.15) is 58.8 Å². The third kappa shape index (κ3) is 1.73. The summed E-state index contributed by atoms with van der Waals surface area (Å²) in [5, 5.41) is 0. The zero-order valence-corrected chi connectivity index (χ0v) is 14.4. The molecule has 4 unspecified atom stereocenters. The fraction of sp³-hybridized carbons (Fsp3) is 0.762. The zero-order chi connectivity index (χ0) is 15.8. The molecule has 0 spiro atoms. The molecule has 2 nitrogen and oxygen atoms in total. The molecule has 23 heavy (non-hydrogen) atoms. The molecule has 3 saturated carbocycles. The number of allylic oxidation sites excluding steroid dienone is 3. The summed E-state index contributed by atoms with van der Waals surface area (Å²) in [5.41, 5.74) is 3.40. The standard InChI is InChI=1S/C21H28O2/c1-3-13-4-5-15-16-10-19-18-9-14(22)6-7-21(18,11-23-19)17(16)8-12(2)20(13)15/h3,12,15-17,20H,4-11H2,1-2H3/t12-,15?,16?,17?,20?,21+/m1/s1. The van der Waals surface area contributed by atoms with E-state index >= 15 is 0 Å². The summed E-state index contributed by atoms with van der Waals surface area (Å²) in [6.45, 7) is 5.60. The Morgan fingerprint density at radius 2 is 2.13 bits per heavy atom. The minimum atomic E-state index is 0.240. The first-order valence-corrected chi connectivity index (χ1v) is 9.66. The number of ketones is 1. The van der Waals surface area contributed by atoms with Crippen LogP contribution in [-0.2, 0) is 9.53 Å². The number of carbonyl (C=O) groups is 1. The fourth-order valence-electron chi connectivity index (χ4n) is 7.23. The number of hydrogen-bond donors (Lipinski definition) is 0. The van der Waals surface area contributed by atoms with Gasteiger partial charge in [0.05, 0.1) is 12.4 Å². The number of carbonyl (C=O) groups excluding carboxylic acids is 1. The maximum absolute atomic E-state index is 12.0. The Labute approximate surface area is 139 Å². The van der Waals surface area contributed by atoms with E-state index in [1.54, 1.807) is 5.57 Å². The minimum absolute atomic E-state index is 0.240. The monoisotopic (exact) mass is 312 g/mol. The number of rotatable bonds is 0. The van der Waals surface area contributed by atoms with Gasteiger partial charge in [0.1, 0.15) is 5.78 Å². The molecule has 2 bridgehead atoms. The summed E-state index contributed by atoms with van der Waals surface area (Å²) >= 11 is 0. The molecule has 6 atom stereocenters. The second-order valence-electron chi connectivity index (χ2n) is 8.84. The number of Topliss-reactive ketones (excluding diaryl/α,β-unsaturated/α-hetero) is 1. The van der Waals surface area contributed by atoms with E-state index in [0.717, 1.165) is 55.5 Å². The van der Waals surface area contributed by atoms with E-state index in [1.165, 1.54) is 30.6 Å². The summed E-state index contributed by atoms with van der Waals surface area (Å²) in [4.78, 5) is 12.0. The quantitative estimate of drug-likeness (QED) is 0.608. The Kier molecular flexibility index (Phi) is 2.95. The molecule has 5 aliphatic rings. The molecular weight excluding hydrogens is 284 g/mol. The number of hydrogen-bond acceptors (Lipinski definition) is 2. The van der Waals surface area contributed by atoms with Crippen molar-refractivity contribution in [3.63, 3.8) is 0 Å². The smallest absolute Gasteiger partial charge is 0.137 e. The summed E-state index contributed by atoms with van der Waals surface area (Å²) in [6, 6.07) is 0. The van der Waals surface area contributed by atoms with Crippen LogP contribution >= 0.6 is 0 Å². The van der Waals surface area contributed by atoms with Crippen molar-refractivity contribution < 1.29 is 9.53 Å². The summed E-state index contributed by atoms with van der Waals surface area (Å²) in [7, 11) is 0. The van der Waals surface area contributed by atoms with E-state index in [0.29, 0.717) is 12.2 Å². The highest BCUT2D eigenvalue weighted by molar-refractivity contribution is 5.83. The Hall–Kier alpha value is -1.05. The van der Waals surface area contributed by atoms with Crippen LogP contribution in [-0.4, -0.2) is 12.4 Å². The molecule has 0 aromatic carbocycles. The normalized spacial score (nSPS) is 49.7. The van der Waals surface area contributed by atoms with Gasteiger partial charge in [0.15, 0.2) is 0 Å². The largest absolute Gasteiger partial charge is 0.497 e. The van der Waals surface area contributed by atoms with Gasteiger partial charge in [0.2, 0.25) is 0 Å². The predicted octanol–water partition coefficient (Wildman–Crippen LogP) is 4.66. The van der Waals surface area contributed by atoms with Crippen LogP contribution in [0.5, 0.6) is 0 Å². The second kappa shape index (κ2) is 4.74. The van der Waals surface area contributed by atoms with Gasteiger partial charge in [-0.15, -0.1) is 0 Å². The maximum Gasteiger partial charge on any atom is 0.137 e. The van der Waals surface area contributed by atoms with Gasteiger partial charge in [-0.2, -0.15) is 0 Å². The lowest BCUT2D eigenvalue weighted by Gasteiger charge is -2.53. The van der Waals surface area contributed by atoms with E-state index < -0.39 is 0 Å². The molecule has 1 heterocycles. The average Bonchev–Trinajstić information content (AvgIpc) is 3.09. The van der Waals surface area contributed by atoms with Crippen molar-refractivity contribution >= 4 is 5.78 Å². The first-order chi connectivity index (χ1) is 11.1. The molecule has 0 radical (unpaired) electrons. The van der Waals surface area contributed by atoms with Gasteiger partial charge in [0, 0.05) is 24.7 Å². The molecule has 0 amide bonds.